The van der Waals surface area contributed by atoms with Crippen molar-refractivity contribution in [3.05, 3.63) is 78.4 Å². The summed E-state index contributed by atoms with van der Waals surface area (Å²) in [5.74, 6) is 0.555. The Labute approximate surface area is 224 Å². The maximum atomic E-state index is 13.7. The van der Waals surface area contributed by atoms with Crippen molar-refractivity contribution in [2.45, 2.75) is 51.6 Å². The van der Waals surface area contributed by atoms with Crippen molar-refractivity contribution in [3.8, 4) is 11.4 Å². The van der Waals surface area contributed by atoms with Gasteiger partial charge in [0.1, 0.15) is 12.4 Å². The Bertz CT molecular complexity index is 1230. The molecule has 2 amide bonds. The maximum absolute atomic E-state index is 13.7. The van der Waals surface area contributed by atoms with Crippen molar-refractivity contribution in [1.29, 1.82) is 0 Å². The normalized spacial score (nSPS) is 21.0. The Balaban J connectivity index is 1.25. The number of ether oxygens (including phenoxy) is 1. The molecule has 38 heavy (non-hydrogen) atoms. The van der Waals surface area contributed by atoms with Crippen LogP contribution in [0.2, 0.25) is 0 Å². The average Bonchev–Trinajstić information content (AvgIpc) is 3.41. The number of carbonyl (C=O) groups excluding carboxylic acids is 2. The van der Waals surface area contributed by atoms with Gasteiger partial charge in [-0.25, -0.2) is 0 Å². The second-order valence-corrected chi connectivity index (χ2v) is 10.5. The Hall–Kier alpha value is -3.65. The Morgan fingerprint density at radius 2 is 1.79 bits per heavy atom. The van der Waals surface area contributed by atoms with Gasteiger partial charge in [-0.15, -0.1) is 0 Å². The number of rotatable bonds is 3. The van der Waals surface area contributed by atoms with Crippen LogP contribution >= 0.6 is 0 Å². The van der Waals surface area contributed by atoms with E-state index in [1.165, 1.54) is 5.69 Å². The second kappa shape index (κ2) is 11.8. The van der Waals surface area contributed by atoms with Crippen molar-refractivity contribution < 1.29 is 14.3 Å². The first kappa shape index (κ1) is 26.0. The summed E-state index contributed by atoms with van der Waals surface area (Å²) in [4.78, 5) is 33.0. The summed E-state index contributed by atoms with van der Waals surface area (Å²) in [6.45, 7) is 5.42. The Kier molecular flexibility index (Phi) is 8.08. The van der Waals surface area contributed by atoms with E-state index in [0.717, 1.165) is 57.4 Å². The van der Waals surface area contributed by atoms with Crippen LogP contribution in [0, 0.1) is 5.41 Å². The molecule has 1 saturated heterocycles. The number of pyridine rings is 1. The summed E-state index contributed by atoms with van der Waals surface area (Å²) in [6.07, 6.45) is 9.89. The number of nitrogens with zero attached hydrogens (tertiary/aromatic N) is 3. The Morgan fingerprint density at radius 3 is 2.61 bits per heavy atom. The number of piperidine rings is 1. The van der Waals surface area contributed by atoms with E-state index in [2.05, 4.69) is 43.4 Å². The minimum absolute atomic E-state index is 0.117. The molecule has 2 aliphatic rings. The summed E-state index contributed by atoms with van der Waals surface area (Å²) in [7, 11) is 0. The number of carbonyl (C=O) groups is 2. The monoisotopic (exact) mass is 515 g/mol. The third kappa shape index (κ3) is 5.91. The van der Waals surface area contributed by atoms with Crippen LogP contribution in [0.3, 0.4) is 0 Å². The summed E-state index contributed by atoms with van der Waals surface area (Å²) in [5, 5.41) is 6.26. The standard InChI is InChI=1S/C30H37N5O3/c1-23-22-38-27-9-3-2-8-26(27)28(36)32-15-5-4-12-30(29(37)33-23)13-19-34(20-14-30)21-25-7-6-18-35(25)24-10-16-31-17-11-24/h2-3,6-11,16-18,23H,4-5,12-15,19-22H2,1H3,(H,32,36)(H,33,37)/t23-/m1/s1. The molecular formula is C30H37N5O3. The molecule has 8 heteroatoms. The van der Waals surface area contributed by atoms with Crippen LogP contribution in [0.4, 0.5) is 0 Å². The molecule has 0 aliphatic carbocycles. The SMILES string of the molecule is C[C@@H]1COc2ccccc2C(=O)NCCCCC2(CCN(Cc3cccn3-c3ccncc3)CC2)C(=O)N1. The van der Waals surface area contributed by atoms with E-state index in [0.29, 0.717) is 24.5 Å². The molecule has 0 radical (unpaired) electrons. The molecule has 1 atom stereocenters. The van der Waals surface area contributed by atoms with Crippen LogP contribution in [0.15, 0.2) is 67.1 Å². The zero-order chi connectivity index (χ0) is 26.4. The fraction of sp³-hybridized carbons (Fsp3) is 0.433. The average molecular weight is 516 g/mol. The number of likely N-dealkylation sites (tertiary alicyclic amines) is 1. The van der Waals surface area contributed by atoms with Crippen LogP contribution in [0.1, 0.15) is 55.1 Å². The van der Waals surface area contributed by atoms with Gasteiger partial charge in [-0.2, -0.15) is 0 Å². The van der Waals surface area contributed by atoms with Gasteiger partial charge in [-0.3, -0.25) is 19.5 Å². The predicted octanol–water partition coefficient (Wildman–Crippen LogP) is 3.95. The molecule has 3 aromatic rings. The molecular weight excluding hydrogens is 478 g/mol. The Morgan fingerprint density at radius 1 is 1.00 bits per heavy atom. The summed E-state index contributed by atoms with van der Waals surface area (Å²) >= 11 is 0. The topological polar surface area (TPSA) is 88.5 Å². The second-order valence-electron chi connectivity index (χ2n) is 10.5. The molecule has 0 unspecified atom stereocenters. The first-order valence-corrected chi connectivity index (χ1v) is 13.6. The molecule has 0 bridgehead atoms. The highest BCUT2D eigenvalue weighted by Gasteiger charge is 2.41. The van der Waals surface area contributed by atoms with E-state index >= 15 is 0 Å². The minimum Gasteiger partial charge on any atom is -0.491 e. The molecule has 8 nitrogen and oxygen atoms in total. The highest BCUT2D eigenvalue weighted by molar-refractivity contribution is 5.96. The van der Waals surface area contributed by atoms with E-state index in [1.807, 2.05) is 43.6 Å². The van der Waals surface area contributed by atoms with Crippen LogP contribution in [-0.4, -0.2) is 58.5 Å². The number of para-hydroxylation sites is 1. The molecule has 2 aromatic heterocycles. The zero-order valence-corrected chi connectivity index (χ0v) is 22.1. The minimum atomic E-state index is -0.399. The lowest BCUT2D eigenvalue weighted by Crippen LogP contribution is -2.51. The largest absolute Gasteiger partial charge is 0.491 e. The molecule has 2 aliphatic heterocycles. The van der Waals surface area contributed by atoms with Gasteiger partial charge >= 0.3 is 0 Å². The highest BCUT2D eigenvalue weighted by Crippen LogP contribution is 2.38. The predicted molar refractivity (Wildman–Crippen MR) is 146 cm³/mol. The zero-order valence-electron chi connectivity index (χ0n) is 22.1. The smallest absolute Gasteiger partial charge is 0.255 e. The first-order valence-electron chi connectivity index (χ1n) is 13.6. The van der Waals surface area contributed by atoms with Gasteiger partial charge in [-0.05, 0) is 82.1 Å². The van der Waals surface area contributed by atoms with Crippen molar-refractivity contribution in [1.82, 2.24) is 25.1 Å². The first-order chi connectivity index (χ1) is 18.5. The van der Waals surface area contributed by atoms with E-state index in [1.54, 1.807) is 12.1 Å². The van der Waals surface area contributed by atoms with Crippen LogP contribution in [-0.2, 0) is 11.3 Å². The summed E-state index contributed by atoms with van der Waals surface area (Å²) in [6, 6.07) is 15.4. The lowest BCUT2D eigenvalue weighted by Gasteiger charge is -2.41. The number of nitrogens with one attached hydrogen (secondary N) is 2. The molecule has 4 heterocycles. The van der Waals surface area contributed by atoms with Gasteiger partial charge in [0.2, 0.25) is 5.91 Å². The fourth-order valence-corrected chi connectivity index (χ4v) is 5.56. The number of aromatic nitrogens is 2. The third-order valence-corrected chi connectivity index (χ3v) is 7.82. The molecule has 5 rings (SSSR count). The lowest BCUT2D eigenvalue weighted by atomic mass is 9.73. The molecule has 1 aromatic carbocycles. The lowest BCUT2D eigenvalue weighted by molar-refractivity contribution is -0.135. The number of fused-ring (bicyclic) bond motifs is 1. The number of hydrogen-bond acceptors (Lipinski definition) is 5. The van der Waals surface area contributed by atoms with Gasteiger partial charge in [0.25, 0.3) is 5.91 Å². The third-order valence-electron chi connectivity index (χ3n) is 7.82. The van der Waals surface area contributed by atoms with Gasteiger partial charge < -0.3 is 19.9 Å². The molecule has 200 valence electrons. The van der Waals surface area contributed by atoms with Gasteiger partial charge in [0, 0.05) is 43.1 Å². The van der Waals surface area contributed by atoms with E-state index < -0.39 is 5.41 Å². The van der Waals surface area contributed by atoms with Gasteiger partial charge in [-0.1, -0.05) is 18.6 Å². The van der Waals surface area contributed by atoms with Crippen molar-refractivity contribution in [3.63, 3.8) is 0 Å². The number of hydrogen-bond donors (Lipinski definition) is 2. The quantitative estimate of drug-likeness (QED) is 0.552. The molecule has 2 N–H and O–H groups in total. The van der Waals surface area contributed by atoms with Crippen molar-refractivity contribution in [2.24, 2.45) is 5.41 Å². The van der Waals surface area contributed by atoms with Gasteiger partial charge in [0.05, 0.1) is 17.0 Å². The van der Waals surface area contributed by atoms with Gasteiger partial charge in [0.15, 0.2) is 0 Å². The summed E-state index contributed by atoms with van der Waals surface area (Å²) in [5.41, 5.74) is 2.46. The fourth-order valence-electron chi connectivity index (χ4n) is 5.56. The van der Waals surface area contributed by atoms with E-state index in [4.69, 9.17) is 4.74 Å². The van der Waals surface area contributed by atoms with Crippen molar-refractivity contribution >= 4 is 11.8 Å². The van der Waals surface area contributed by atoms with Crippen LogP contribution in [0.5, 0.6) is 5.75 Å². The van der Waals surface area contributed by atoms with Crippen molar-refractivity contribution in [2.75, 3.05) is 26.2 Å². The van der Waals surface area contributed by atoms with E-state index in [-0.39, 0.29) is 17.9 Å². The van der Waals surface area contributed by atoms with Crippen LogP contribution in [0.25, 0.3) is 5.69 Å². The molecule has 0 saturated carbocycles. The van der Waals surface area contributed by atoms with E-state index in [9.17, 15) is 9.59 Å². The summed E-state index contributed by atoms with van der Waals surface area (Å²) < 4.78 is 8.18. The maximum Gasteiger partial charge on any atom is 0.255 e. The molecule has 1 spiro atoms. The highest BCUT2D eigenvalue weighted by atomic mass is 16.5. The van der Waals surface area contributed by atoms with Crippen LogP contribution < -0.4 is 15.4 Å². The number of amides is 2. The molecule has 1 fully saturated rings. The number of benzene rings is 1.